The van der Waals surface area contributed by atoms with Crippen molar-refractivity contribution in [1.82, 2.24) is 4.98 Å². The van der Waals surface area contributed by atoms with Crippen LogP contribution in [0.15, 0.2) is 16.7 Å². The van der Waals surface area contributed by atoms with E-state index in [4.69, 9.17) is 9.52 Å². The van der Waals surface area contributed by atoms with Crippen molar-refractivity contribution in [2.45, 2.75) is 25.7 Å². The number of hydrogen-bond donors (Lipinski definition) is 1. The summed E-state index contributed by atoms with van der Waals surface area (Å²) in [6, 6.07) is 1.59. The maximum atomic E-state index is 10.8. The average Bonchev–Trinajstić information content (AvgIpc) is 2.73. The number of rotatable bonds is 1. The largest absolute Gasteiger partial charge is 0.475 e. The maximum absolute atomic E-state index is 10.8. The molecule has 1 aliphatic carbocycles. The molecule has 0 unspecified atom stereocenters. The van der Waals surface area contributed by atoms with E-state index in [0.717, 1.165) is 24.6 Å². The van der Waals surface area contributed by atoms with Gasteiger partial charge in [0.1, 0.15) is 0 Å². The number of nitrogens with zero attached hydrogens (tertiary/aromatic N) is 1. The number of aryl methyl sites for hydroxylation is 2. The lowest BCUT2D eigenvalue weighted by atomic mass is 9.91. The molecule has 2 aromatic rings. The Morgan fingerprint density at radius 3 is 3.00 bits per heavy atom. The molecule has 0 bridgehead atoms. The molecule has 0 saturated heterocycles. The monoisotopic (exact) mass is 217 g/mol. The minimum absolute atomic E-state index is 0.0264. The predicted octanol–water partition coefficient (Wildman–Crippen LogP) is 2.40. The normalized spacial score (nSPS) is 15.0. The Bertz CT molecular complexity index is 571. The van der Waals surface area contributed by atoms with Crippen LogP contribution >= 0.6 is 0 Å². The van der Waals surface area contributed by atoms with E-state index in [1.54, 1.807) is 6.07 Å². The standard InChI is InChI=1S/C12H11NO3/c14-12(15)10-5-9-8-4-2-1-3-7(8)6-13-11(9)16-10/h5-6H,1-4H2,(H,14,15). The summed E-state index contributed by atoms with van der Waals surface area (Å²) in [6.45, 7) is 0. The lowest BCUT2D eigenvalue weighted by Crippen LogP contribution is -2.03. The number of carbonyl (C=O) groups is 1. The zero-order valence-corrected chi connectivity index (χ0v) is 8.69. The topological polar surface area (TPSA) is 63.3 Å². The summed E-state index contributed by atoms with van der Waals surface area (Å²) < 4.78 is 5.18. The summed E-state index contributed by atoms with van der Waals surface area (Å²) in [5, 5.41) is 9.74. The molecule has 0 aliphatic heterocycles. The lowest BCUT2D eigenvalue weighted by molar-refractivity contribution is 0.0664. The number of furan rings is 1. The van der Waals surface area contributed by atoms with Crippen molar-refractivity contribution in [2.24, 2.45) is 0 Å². The third-order valence-corrected chi connectivity index (χ3v) is 3.10. The van der Waals surface area contributed by atoms with Crippen LogP contribution in [0.2, 0.25) is 0 Å². The summed E-state index contributed by atoms with van der Waals surface area (Å²) in [7, 11) is 0. The van der Waals surface area contributed by atoms with Gasteiger partial charge in [-0.25, -0.2) is 9.78 Å². The smallest absolute Gasteiger partial charge is 0.371 e. The Morgan fingerprint density at radius 1 is 1.38 bits per heavy atom. The highest BCUT2D eigenvalue weighted by molar-refractivity contribution is 5.91. The van der Waals surface area contributed by atoms with E-state index in [2.05, 4.69) is 4.98 Å². The third-order valence-electron chi connectivity index (χ3n) is 3.10. The SMILES string of the molecule is O=C(O)c1cc2c3c(cnc2o1)CCCC3. The molecule has 0 spiro atoms. The van der Waals surface area contributed by atoms with Crippen molar-refractivity contribution in [1.29, 1.82) is 0 Å². The molecule has 0 saturated carbocycles. The second-order valence-electron chi connectivity index (χ2n) is 4.10. The zero-order valence-electron chi connectivity index (χ0n) is 8.69. The molecule has 16 heavy (non-hydrogen) atoms. The summed E-state index contributed by atoms with van der Waals surface area (Å²) in [6.07, 6.45) is 6.17. The van der Waals surface area contributed by atoms with Gasteiger partial charge in [0.15, 0.2) is 0 Å². The van der Waals surface area contributed by atoms with Gasteiger partial charge in [-0.2, -0.15) is 0 Å². The van der Waals surface area contributed by atoms with Gasteiger partial charge in [-0.3, -0.25) is 0 Å². The summed E-state index contributed by atoms with van der Waals surface area (Å²) >= 11 is 0. The van der Waals surface area contributed by atoms with Crippen LogP contribution in [0, 0.1) is 0 Å². The highest BCUT2D eigenvalue weighted by atomic mass is 16.4. The first-order valence-corrected chi connectivity index (χ1v) is 5.39. The lowest BCUT2D eigenvalue weighted by Gasteiger charge is -2.14. The van der Waals surface area contributed by atoms with Gasteiger partial charge in [0.05, 0.1) is 0 Å². The van der Waals surface area contributed by atoms with Gasteiger partial charge in [0.25, 0.3) is 0 Å². The Balaban J connectivity index is 2.26. The van der Waals surface area contributed by atoms with Crippen LogP contribution in [0.1, 0.15) is 34.5 Å². The second-order valence-corrected chi connectivity index (χ2v) is 4.10. The van der Waals surface area contributed by atoms with Crippen molar-refractivity contribution in [3.8, 4) is 0 Å². The molecular weight excluding hydrogens is 206 g/mol. The molecule has 4 nitrogen and oxygen atoms in total. The molecule has 0 radical (unpaired) electrons. The van der Waals surface area contributed by atoms with Crippen LogP contribution in [0.5, 0.6) is 0 Å². The highest BCUT2D eigenvalue weighted by Gasteiger charge is 2.18. The first-order valence-electron chi connectivity index (χ1n) is 5.39. The van der Waals surface area contributed by atoms with Crippen molar-refractivity contribution in [2.75, 3.05) is 0 Å². The van der Waals surface area contributed by atoms with Gasteiger partial charge in [-0.15, -0.1) is 0 Å². The summed E-state index contributed by atoms with van der Waals surface area (Å²) in [5.74, 6) is -1.07. The molecular formula is C12H11NO3. The van der Waals surface area contributed by atoms with Gasteiger partial charge >= 0.3 is 5.97 Å². The van der Waals surface area contributed by atoms with Gasteiger partial charge < -0.3 is 9.52 Å². The van der Waals surface area contributed by atoms with Crippen molar-refractivity contribution >= 4 is 17.1 Å². The fourth-order valence-electron chi connectivity index (χ4n) is 2.31. The van der Waals surface area contributed by atoms with Crippen LogP contribution in [-0.4, -0.2) is 16.1 Å². The van der Waals surface area contributed by atoms with E-state index < -0.39 is 5.97 Å². The van der Waals surface area contributed by atoms with Gasteiger partial charge in [0, 0.05) is 17.6 Å². The molecule has 1 N–H and O–H groups in total. The van der Waals surface area contributed by atoms with Crippen LogP contribution in [0.3, 0.4) is 0 Å². The molecule has 1 aliphatic rings. The van der Waals surface area contributed by atoms with Crippen molar-refractivity contribution in [3.05, 3.63) is 29.2 Å². The molecule has 2 aromatic heterocycles. The Kier molecular flexibility index (Phi) is 1.96. The van der Waals surface area contributed by atoms with E-state index in [-0.39, 0.29) is 5.76 Å². The fraction of sp³-hybridized carbons (Fsp3) is 0.333. The predicted molar refractivity (Wildman–Crippen MR) is 57.6 cm³/mol. The first-order chi connectivity index (χ1) is 7.75. The average molecular weight is 217 g/mol. The quantitative estimate of drug-likeness (QED) is 0.796. The summed E-state index contributed by atoms with van der Waals surface area (Å²) in [4.78, 5) is 15.0. The Hall–Kier alpha value is -1.84. The van der Waals surface area contributed by atoms with Crippen molar-refractivity contribution < 1.29 is 14.3 Å². The number of carboxylic acid groups (broad SMARTS) is 1. The number of fused-ring (bicyclic) bond motifs is 3. The number of aromatic nitrogens is 1. The number of aromatic carboxylic acids is 1. The number of hydrogen-bond acceptors (Lipinski definition) is 3. The molecule has 0 amide bonds. The van der Waals surface area contributed by atoms with E-state index in [1.165, 1.54) is 17.5 Å². The van der Waals surface area contributed by atoms with Gasteiger partial charge in [-0.05, 0) is 36.8 Å². The van der Waals surface area contributed by atoms with Gasteiger partial charge in [0.2, 0.25) is 11.5 Å². The number of pyridine rings is 1. The van der Waals surface area contributed by atoms with Crippen LogP contribution < -0.4 is 0 Å². The van der Waals surface area contributed by atoms with Crippen LogP contribution in [-0.2, 0) is 12.8 Å². The molecule has 2 heterocycles. The van der Waals surface area contributed by atoms with Crippen LogP contribution in [0.4, 0.5) is 0 Å². The van der Waals surface area contributed by atoms with E-state index in [9.17, 15) is 4.79 Å². The Morgan fingerprint density at radius 2 is 2.19 bits per heavy atom. The minimum Gasteiger partial charge on any atom is -0.475 e. The van der Waals surface area contributed by atoms with E-state index in [1.807, 2.05) is 6.20 Å². The molecule has 0 fully saturated rings. The second kappa shape index (κ2) is 3.33. The third kappa shape index (κ3) is 1.30. The summed E-state index contributed by atoms with van der Waals surface area (Å²) in [5.41, 5.74) is 2.89. The zero-order chi connectivity index (χ0) is 11.1. The van der Waals surface area contributed by atoms with E-state index in [0.29, 0.717) is 5.71 Å². The molecule has 4 heteroatoms. The minimum atomic E-state index is -1.04. The number of carboxylic acids is 1. The van der Waals surface area contributed by atoms with E-state index >= 15 is 0 Å². The first kappa shape index (κ1) is 9.39. The highest BCUT2D eigenvalue weighted by Crippen LogP contribution is 2.29. The fourth-order valence-corrected chi connectivity index (χ4v) is 2.31. The molecule has 0 aromatic carbocycles. The molecule has 82 valence electrons. The Labute approximate surface area is 91.9 Å². The van der Waals surface area contributed by atoms with Crippen molar-refractivity contribution in [3.63, 3.8) is 0 Å². The van der Waals surface area contributed by atoms with Gasteiger partial charge in [-0.1, -0.05) is 0 Å². The molecule has 0 atom stereocenters. The van der Waals surface area contributed by atoms with Crippen LogP contribution in [0.25, 0.3) is 11.1 Å². The molecule has 3 rings (SSSR count). The maximum Gasteiger partial charge on any atom is 0.371 e.